The lowest BCUT2D eigenvalue weighted by Crippen LogP contribution is -2.49. The van der Waals surface area contributed by atoms with Crippen LogP contribution >= 0.6 is 15.9 Å². The van der Waals surface area contributed by atoms with E-state index < -0.39 is 0 Å². The molecule has 0 aliphatic carbocycles. The zero-order chi connectivity index (χ0) is 15.2. The van der Waals surface area contributed by atoms with E-state index in [-0.39, 0.29) is 17.4 Å². The molecule has 3 atom stereocenters. The molecule has 2 nitrogen and oxygen atoms in total. The first-order valence-corrected chi connectivity index (χ1v) is 8.52. The summed E-state index contributed by atoms with van der Waals surface area (Å²) in [5.41, 5.74) is 0.921. The number of nitrogens with one attached hydrogen (secondary N) is 1. The topological polar surface area (TPSA) is 29.1 Å². The highest BCUT2D eigenvalue weighted by molar-refractivity contribution is 9.09. The molecule has 0 radical (unpaired) electrons. The molecular formula is C17H26BrNO. The number of benzene rings is 1. The Bertz CT molecular complexity index is 414. The summed E-state index contributed by atoms with van der Waals surface area (Å²) in [5.74, 6) is 0.384. The minimum absolute atomic E-state index is 0.0777. The normalized spacial score (nSPS) is 17.1. The third-order valence-corrected chi connectivity index (χ3v) is 5.39. The number of hydrogen-bond acceptors (Lipinski definition) is 1. The second-order valence-electron chi connectivity index (χ2n) is 5.81. The van der Waals surface area contributed by atoms with Crippen molar-refractivity contribution in [2.45, 2.75) is 52.0 Å². The van der Waals surface area contributed by atoms with Gasteiger partial charge in [0.15, 0.2) is 0 Å². The van der Waals surface area contributed by atoms with Gasteiger partial charge in [-0.15, -0.1) is 0 Å². The zero-order valence-corrected chi connectivity index (χ0v) is 14.5. The number of alkyl halides is 1. The average molecular weight is 340 g/mol. The lowest BCUT2D eigenvalue weighted by molar-refractivity contribution is -0.125. The molecule has 3 heteroatoms. The van der Waals surface area contributed by atoms with Gasteiger partial charge in [0.25, 0.3) is 0 Å². The summed E-state index contributed by atoms with van der Waals surface area (Å²) >= 11 is 3.51. The van der Waals surface area contributed by atoms with Crippen LogP contribution in [0.3, 0.4) is 0 Å². The summed E-state index contributed by atoms with van der Waals surface area (Å²) in [4.78, 5) is 12.7. The first-order chi connectivity index (χ1) is 9.47. The second kappa shape index (κ2) is 7.82. The Morgan fingerprint density at radius 1 is 1.30 bits per heavy atom. The van der Waals surface area contributed by atoms with Gasteiger partial charge < -0.3 is 5.32 Å². The van der Waals surface area contributed by atoms with E-state index in [1.54, 1.807) is 0 Å². The van der Waals surface area contributed by atoms with Crippen molar-refractivity contribution in [2.75, 3.05) is 5.33 Å². The molecule has 1 rings (SSSR count). The molecule has 1 N–H and O–H groups in total. The van der Waals surface area contributed by atoms with Crippen LogP contribution in [0, 0.1) is 5.92 Å². The number of rotatable bonds is 7. The van der Waals surface area contributed by atoms with Crippen molar-refractivity contribution in [2.24, 2.45) is 5.92 Å². The van der Waals surface area contributed by atoms with E-state index in [0.717, 1.165) is 23.7 Å². The Balaban J connectivity index is 2.98. The Kier molecular flexibility index (Phi) is 6.74. The van der Waals surface area contributed by atoms with E-state index in [9.17, 15) is 4.79 Å². The van der Waals surface area contributed by atoms with Gasteiger partial charge in [-0.2, -0.15) is 0 Å². The largest absolute Gasteiger partial charge is 0.350 e. The lowest BCUT2D eigenvalue weighted by Gasteiger charge is -2.31. The molecule has 0 fully saturated rings. The smallest absolute Gasteiger partial charge is 0.228 e. The number of amides is 1. The van der Waals surface area contributed by atoms with Crippen molar-refractivity contribution in [3.8, 4) is 0 Å². The molecule has 0 spiro atoms. The summed E-state index contributed by atoms with van der Waals surface area (Å²) in [5, 5.41) is 3.99. The third-order valence-electron chi connectivity index (χ3n) is 4.15. The van der Waals surface area contributed by atoms with Gasteiger partial charge in [-0.1, -0.05) is 73.5 Å². The lowest BCUT2D eigenvalue weighted by atomic mass is 9.84. The highest BCUT2D eigenvalue weighted by atomic mass is 79.9. The van der Waals surface area contributed by atoms with Crippen molar-refractivity contribution in [3.63, 3.8) is 0 Å². The van der Waals surface area contributed by atoms with Gasteiger partial charge in [-0.3, -0.25) is 4.79 Å². The summed E-state index contributed by atoms with van der Waals surface area (Å²) in [6.07, 6.45) is 1.90. The molecule has 0 aromatic heterocycles. The quantitative estimate of drug-likeness (QED) is 0.728. The highest BCUT2D eigenvalue weighted by Gasteiger charge is 2.30. The summed E-state index contributed by atoms with van der Waals surface area (Å²) in [7, 11) is 0. The molecule has 1 aromatic carbocycles. The Morgan fingerprint density at radius 2 is 1.90 bits per heavy atom. The van der Waals surface area contributed by atoms with Gasteiger partial charge >= 0.3 is 0 Å². The predicted octanol–water partition coefficient (Wildman–Crippen LogP) is 4.50. The van der Waals surface area contributed by atoms with Gasteiger partial charge in [0.1, 0.15) is 0 Å². The summed E-state index contributed by atoms with van der Waals surface area (Å²) in [6.45, 7) is 8.46. The summed E-state index contributed by atoms with van der Waals surface area (Å²) in [6, 6.07) is 10.1. The maximum Gasteiger partial charge on any atom is 0.228 e. The van der Waals surface area contributed by atoms with Crippen LogP contribution in [0.5, 0.6) is 0 Å². The molecule has 0 bridgehead atoms. The molecule has 3 unspecified atom stereocenters. The molecule has 0 aliphatic heterocycles. The maximum absolute atomic E-state index is 12.7. The highest BCUT2D eigenvalue weighted by Crippen LogP contribution is 2.28. The van der Waals surface area contributed by atoms with E-state index in [4.69, 9.17) is 0 Å². The van der Waals surface area contributed by atoms with Crippen LogP contribution in [-0.4, -0.2) is 16.8 Å². The average Bonchev–Trinajstić information content (AvgIpc) is 2.48. The van der Waals surface area contributed by atoms with Crippen LogP contribution < -0.4 is 5.32 Å². The van der Waals surface area contributed by atoms with Crippen LogP contribution in [0.4, 0.5) is 0 Å². The minimum Gasteiger partial charge on any atom is -0.350 e. The van der Waals surface area contributed by atoms with Gasteiger partial charge in [-0.05, 0) is 24.8 Å². The molecule has 0 aliphatic rings. The van der Waals surface area contributed by atoms with Gasteiger partial charge in [-0.25, -0.2) is 0 Å². The van der Waals surface area contributed by atoms with E-state index in [2.05, 4.69) is 48.9 Å². The summed E-state index contributed by atoms with van der Waals surface area (Å²) < 4.78 is 0. The van der Waals surface area contributed by atoms with E-state index in [1.165, 1.54) is 0 Å². The van der Waals surface area contributed by atoms with Crippen LogP contribution in [0.25, 0.3) is 0 Å². The first kappa shape index (κ1) is 17.2. The van der Waals surface area contributed by atoms with Crippen molar-refractivity contribution < 1.29 is 4.79 Å². The Morgan fingerprint density at radius 3 is 2.35 bits per heavy atom. The Labute approximate surface area is 131 Å². The Hall–Kier alpha value is -0.830. The molecule has 0 heterocycles. The fraction of sp³-hybridized carbons (Fsp3) is 0.588. The van der Waals surface area contributed by atoms with Crippen molar-refractivity contribution >= 4 is 21.8 Å². The van der Waals surface area contributed by atoms with E-state index in [1.807, 2.05) is 30.3 Å². The zero-order valence-electron chi connectivity index (χ0n) is 12.9. The number of carbonyl (C=O) groups is 1. The standard InChI is InChI=1S/C17H26BrNO/c1-5-13(3)15(14-10-8-7-9-11-14)16(20)19-17(4,6-2)12-18/h7-11,13,15H,5-6,12H2,1-4H3,(H,19,20). The van der Waals surface area contributed by atoms with Crippen LogP contribution in [0.15, 0.2) is 30.3 Å². The molecule has 112 valence electrons. The van der Waals surface area contributed by atoms with Crippen LogP contribution in [0.2, 0.25) is 0 Å². The SMILES string of the molecule is CCC(C)C(C(=O)NC(C)(CC)CBr)c1ccccc1. The number of hydrogen-bond donors (Lipinski definition) is 1. The minimum atomic E-state index is -0.183. The molecular weight excluding hydrogens is 314 g/mol. The van der Waals surface area contributed by atoms with Gasteiger partial charge in [0.2, 0.25) is 5.91 Å². The molecule has 0 saturated heterocycles. The second-order valence-corrected chi connectivity index (χ2v) is 6.37. The molecule has 20 heavy (non-hydrogen) atoms. The first-order valence-electron chi connectivity index (χ1n) is 7.40. The van der Waals surface area contributed by atoms with Gasteiger partial charge in [0, 0.05) is 10.9 Å². The fourth-order valence-corrected chi connectivity index (χ4v) is 2.76. The van der Waals surface area contributed by atoms with Crippen molar-refractivity contribution in [3.05, 3.63) is 35.9 Å². The van der Waals surface area contributed by atoms with Crippen LogP contribution in [-0.2, 0) is 4.79 Å². The predicted molar refractivity (Wildman–Crippen MR) is 89.3 cm³/mol. The maximum atomic E-state index is 12.7. The van der Waals surface area contributed by atoms with E-state index >= 15 is 0 Å². The number of halogens is 1. The van der Waals surface area contributed by atoms with Gasteiger partial charge in [0.05, 0.1) is 5.92 Å². The molecule has 1 aromatic rings. The number of carbonyl (C=O) groups excluding carboxylic acids is 1. The van der Waals surface area contributed by atoms with Crippen molar-refractivity contribution in [1.82, 2.24) is 5.32 Å². The van der Waals surface area contributed by atoms with Crippen LogP contribution in [0.1, 0.15) is 52.0 Å². The fourth-order valence-electron chi connectivity index (χ4n) is 2.23. The van der Waals surface area contributed by atoms with Crippen molar-refractivity contribution in [1.29, 1.82) is 0 Å². The third kappa shape index (κ3) is 4.34. The monoisotopic (exact) mass is 339 g/mol. The van der Waals surface area contributed by atoms with E-state index in [0.29, 0.717) is 5.92 Å². The molecule has 1 amide bonds. The molecule has 0 saturated carbocycles.